The third-order valence-electron chi connectivity index (χ3n) is 2.32. The first-order valence-corrected chi connectivity index (χ1v) is 6.25. The van der Waals surface area contributed by atoms with E-state index >= 15 is 0 Å². The van der Waals surface area contributed by atoms with Crippen LogP contribution in [0.4, 0.5) is 3.89 Å². The van der Waals surface area contributed by atoms with Crippen LogP contribution in [0.5, 0.6) is 0 Å². The van der Waals surface area contributed by atoms with Crippen molar-refractivity contribution in [2.24, 2.45) is 0 Å². The molecule has 0 aliphatic heterocycles. The Labute approximate surface area is 95.1 Å². The number of aromatic nitrogens is 2. The fraction of sp³-hybridized carbons (Fsp3) is 0.667. The standard InChI is InChI=1S/C9H16FN3O2S/c1-7-9(16(10,14)15)8(2)13(11-7)6-5-12(3)4/h5-6H2,1-4H3. The molecule has 0 spiro atoms. The molecule has 0 bridgehead atoms. The molecular weight excluding hydrogens is 233 g/mol. The molecule has 0 fully saturated rings. The van der Waals surface area contributed by atoms with Crippen molar-refractivity contribution < 1.29 is 12.3 Å². The van der Waals surface area contributed by atoms with E-state index in [1.807, 2.05) is 19.0 Å². The Hall–Kier alpha value is -0.950. The Kier molecular flexibility index (Phi) is 3.69. The summed E-state index contributed by atoms with van der Waals surface area (Å²) in [4.78, 5) is 1.64. The molecule has 1 heterocycles. The number of rotatable bonds is 4. The van der Waals surface area contributed by atoms with Crippen LogP contribution in [0.3, 0.4) is 0 Å². The predicted molar refractivity (Wildman–Crippen MR) is 58.5 cm³/mol. The van der Waals surface area contributed by atoms with Gasteiger partial charge in [-0.3, -0.25) is 4.68 Å². The van der Waals surface area contributed by atoms with E-state index in [9.17, 15) is 12.3 Å². The fourth-order valence-electron chi connectivity index (χ4n) is 1.55. The Bertz CT molecular complexity index is 479. The second-order valence-electron chi connectivity index (χ2n) is 3.96. The summed E-state index contributed by atoms with van der Waals surface area (Å²) in [7, 11) is -0.876. The lowest BCUT2D eigenvalue weighted by atomic mass is 10.4. The summed E-state index contributed by atoms with van der Waals surface area (Å²) in [6.45, 7) is 4.30. The third-order valence-corrected chi connectivity index (χ3v) is 3.40. The minimum Gasteiger partial charge on any atom is -0.308 e. The first-order chi connectivity index (χ1) is 7.23. The summed E-state index contributed by atoms with van der Waals surface area (Å²) in [5.74, 6) is 0. The number of hydrogen-bond acceptors (Lipinski definition) is 4. The van der Waals surface area contributed by atoms with E-state index < -0.39 is 10.2 Å². The van der Waals surface area contributed by atoms with E-state index in [0.29, 0.717) is 18.8 Å². The zero-order valence-electron chi connectivity index (χ0n) is 9.86. The van der Waals surface area contributed by atoms with Crippen LogP contribution in [0.1, 0.15) is 11.4 Å². The van der Waals surface area contributed by atoms with Crippen LogP contribution in [0.15, 0.2) is 4.90 Å². The lowest BCUT2D eigenvalue weighted by Gasteiger charge is -2.10. The van der Waals surface area contributed by atoms with Gasteiger partial charge in [-0.15, -0.1) is 3.89 Å². The number of likely N-dealkylation sites (N-methyl/N-ethyl adjacent to an activating group) is 1. The molecule has 0 saturated carbocycles. The van der Waals surface area contributed by atoms with Gasteiger partial charge in [0.25, 0.3) is 0 Å². The van der Waals surface area contributed by atoms with Crippen LogP contribution in [-0.4, -0.2) is 43.7 Å². The van der Waals surface area contributed by atoms with Gasteiger partial charge in [-0.1, -0.05) is 0 Å². The number of nitrogens with zero attached hydrogens (tertiary/aromatic N) is 3. The molecular formula is C9H16FN3O2S. The van der Waals surface area contributed by atoms with Crippen molar-refractivity contribution >= 4 is 10.2 Å². The van der Waals surface area contributed by atoms with Gasteiger partial charge >= 0.3 is 10.2 Å². The van der Waals surface area contributed by atoms with Gasteiger partial charge in [-0.05, 0) is 27.9 Å². The van der Waals surface area contributed by atoms with Gasteiger partial charge in [0, 0.05) is 6.54 Å². The predicted octanol–water partition coefficient (Wildman–Crippen LogP) is 0.720. The monoisotopic (exact) mass is 249 g/mol. The molecule has 1 rings (SSSR count). The van der Waals surface area contributed by atoms with Crippen LogP contribution < -0.4 is 0 Å². The Morgan fingerprint density at radius 1 is 1.38 bits per heavy atom. The molecule has 0 aliphatic rings. The van der Waals surface area contributed by atoms with Crippen molar-refractivity contribution in [3.63, 3.8) is 0 Å². The van der Waals surface area contributed by atoms with Crippen LogP contribution in [-0.2, 0) is 16.8 Å². The van der Waals surface area contributed by atoms with Crippen molar-refractivity contribution in [1.29, 1.82) is 0 Å². The molecule has 1 aromatic rings. The second kappa shape index (κ2) is 4.50. The summed E-state index contributed by atoms with van der Waals surface area (Å²) in [5, 5.41) is 4.02. The van der Waals surface area contributed by atoms with Gasteiger partial charge in [-0.2, -0.15) is 13.5 Å². The van der Waals surface area contributed by atoms with Crippen LogP contribution in [0.25, 0.3) is 0 Å². The average Bonchev–Trinajstić information content (AvgIpc) is 2.36. The molecule has 0 amide bonds. The maximum absolute atomic E-state index is 13.0. The lowest BCUT2D eigenvalue weighted by molar-refractivity contribution is 0.370. The minimum atomic E-state index is -4.68. The first-order valence-electron chi connectivity index (χ1n) is 4.87. The highest BCUT2D eigenvalue weighted by Crippen LogP contribution is 2.21. The van der Waals surface area contributed by atoms with Crippen molar-refractivity contribution in [3.05, 3.63) is 11.4 Å². The zero-order valence-corrected chi connectivity index (χ0v) is 10.7. The second-order valence-corrected chi connectivity index (χ2v) is 5.25. The van der Waals surface area contributed by atoms with E-state index in [4.69, 9.17) is 0 Å². The SMILES string of the molecule is Cc1nn(CCN(C)C)c(C)c1S(=O)(=O)F. The molecule has 1 aromatic heterocycles. The molecule has 0 saturated heterocycles. The molecule has 5 nitrogen and oxygen atoms in total. The highest BCUT2D eigenvalue weighted by molar-refractivity contribution is 7.86. The first kappa shape index (κ1) is 13.1. The number of hydrogen-bond donors (Lipinski definition) is 0. The summed E-state index contributed by atoms with van der Waals surface area (Å²) < 4.78 is 36.3. The summed E-state index contributed by atoms with van der Waals surface area (Å²) in [6, 6.07) is 0. The van der Waals surface area contributed by atoms with Crippen LogP contribution in [0, 0.1) is 13.8 Å². The normalized spacial score (nSPS) is 12.4. The van der Waals surface area contributed by atoms with Gasteiger partial charge in [0.15, 0.2) is 0 Å². The maximum Gasteiger partial charge on any atom is 0.335 e. The highest BCUT2D eigenvalue weighted by Gasteiger charge is 2.23. The van der Waals surface area contributed by atoms with Crippen molar-refractivity contribution in [2.45, 2.75) is 25.3 Å². The zero-order chi connectivity index (χ0) is 12.5. The Morgan fingerprint density at radius 2 is 1.94 bits per heavy atom. The number of halogens is 1. The van der Waals surface area contributed by atoms with Gasteiger partial charge < -0.3 is 4.90 Å². The largest absolute Gasteiger partial charge is 0.335 e. The molecule has 16 heavy (non-hydrogen) atoms. The van der Waals surface area contributed by atoms with E-state index in [0.717, 1.165) is 0 Å². The molecule has 7 heteroatoms. The van der Waals surface area contributed by atoms with Gasteiger partial charge in [0.2, 0.25) is 0 Å². The van der Waals surface area contributed by atoms with Crippen LogP contribution in [0.2, 0.25) is 0 Å². The summed E-state index contributed by atoms with van der Waals surface area (Å²) >= 11 is 0. The van der Waals surface area contributed by atoms with Crippen molar-refractivity contribution in [2.75, 3.05) is 20.6 Å². The van der Waals surface area contributed by atoms with E-state index in [1.165, 1.54) is 11.6 Å². The average molecular weight is 249 g/mol. The lowest BCUT2D eigenvalue weighted by Crippen LogP contribution is -2.19. The summed E-state index contributed by atoms with van der Waals surface area (Å²) in [6.07, 6.45) is 0. The van der Waals surface area contributed by atoms with Gasteiger partial charge in [0.1, 0.15) is 4.90 Å². The summed E-state index contributed by atoms with van der Waals surface area (Å²) in [5.41, 5.74) is 0.556. The van der Waals surface area contributed by atoms with E-state index in [1.54, 1.807) is 6.92 Å². The molecule has 92 valence electrons. The van der Waals surface area contributed by atoms with E-state index in [-0.39, 0.29) is 10.6 Å². The Morgan fingerprint density at radius 3 is 2.31 bits per heavy atom. The molecule has 0 aliphatic carbocycles. The molecule has 0 N–H and O–H groups in total. The third kappa shape index (κ3) is 2.79. The van der Waals surface area contributed by atoms with Crippen LogP contribution >= 0.6 is 0 Å². The van der Waals surface area contributed by atoms with Gasteiger partial charge in [0.05, 0.1) is 17.9 Å². The van der Waals surface area contributed by atoms with E-state index in [2.05, 4.69) is 5.10 Å². The quantitative estimate of drug-likeness (QED) is 0.738. The minimum absolute atomic E-state index is 0.207. The smallest absolute Gasteiger partial charge is 0.308 e. The van der Waals surface area contributed by atoms with Gasteiger partial charge in [-0.25, -0.2) is 0 Å². The molecule has 0 unspecified atom stereocenters. The maximum atomic E-state index is 13.0. The Balaban J connectivity index is 3.08. The molecule has 0 atom stereocenters. The van der Waals surface area contributed by atoms with Crippen molar-refractivity contribution in [1.82, 2.24) is 14.7 Å². The fourth-order valence-corrected chi connectivity index (χ4v) is 2.40. The molecule has 0 radical (unpaired) electrons. The number of aryl methyl sites for hydroxylation is 1. The molecule has 0 aromatic carbocycles. The van der Waals surface area contributed by atoms with Crippen molar-refractivity contribution in [3.8, 4) is 0 Å². The topological polar surface area (TPSA) is 55.2 Å². The highest BCUT2D eigenvalue weighted by atomic mass is 32.3.